The van der Waals surface area contributed by atoms with E-state index in [0.717, 1.165) is 18.2 Å². The van der Waals surface area contributed by atoms with Crippen molar-refractivity contribution < 1.29 is 13.3 Å². The summed E-state index contributed by atoms with van der Waals surface area (Å²) < 4.78 is 23.1. The lowest BCUT2D eigenvalue weighted by atomic mass is 10.1. The maximum atomic E-state index is 11.5. The predicted molar refractivity (Wildman–Crippen MR) is 70.2 cm³/mol. The normalized spacial score (nSPS) is 11.3. The molecule has 9 heteroatoms. The lowest BCUT2D eigenvalue weighted by molar-refractivity contribution is -0.384. The molecule has 104 valence electrons. The zero-order chi connectivity index (χ0) is 14.9. The number of hydrogen-bond acceptors (Lipinski definition) is 6. The molecule has 0 atom stereocenters. The minimum Gasteiger partial charge on any atom is -0.258 e. The summed E-state index contributed by atoms with van der Waals surface area (Å²) in [5.74, 6) is 0. The number of rotatable bonds is 3. The number of nitro groups is 1. The van der Waals surface area contributed by atoms with E-state index in [-0.39, 0.29) is 21.8 Å². The van der Waals surface area contributed by atoms with Gasteiger partial charge in [0.2, 0.25) is 10.0 Å². The Bertz CT molecular complexity index is 772. The number of sulfonamides is 1. The summed E-state index contributed by atoms with van der Waals surface area (Å²) in [6, 6.07) is 3.27. The lowest BCUT2D eigenvalue weighted by Crippen LogP contribution is -2.14. The highest BCUT2D eigenvalue weighted by atomic mass is 32.2. The van der Waals surface area contributed by atoms with Gasteiger partial charge in [0, 0.05) is 23.9 Å². The molecule has 0 amide bonds. The van der Waals surface area contributed by atoms with Gasteiger partial charge in [0.05, 0.1) is 27.4 Å². The van der Waals surface area contributed by atoms with Gasteiger partial charge in [-0.15, -0.1) is 0 Å². The van der Waals surface area contributed by atoms with Crippen LogP contribution in [0.3, 0.4) is 0 Å². The number of benzene rings is 1. The Labute approximate surface area is 114 Å². The second kappa shape index (κ2) is 4.94. The minimum absolute atomic E-state index is 0.0502. The molecule has 0 bridgehead atoms. The van der Waals surface area contributed by atoms with Crippen LogP contribution in [0.2, 0.25) is 0 Å². The van der Waals surface area contributed by atoms with Crippen LogP contribution in [0.5, 0.6) is 0 Å². The number of hydrogen-bond donors (Lipinski definition) is 1. The molecule has 0 spiro atoms. The topological polar surface area (TPSA) is 129 Å². The molecule has 0 unspecified atom stereocenters. The number of nitrogens with two attached hydrogens (primary N) is 1. The highest BCUT2D eigenvalue weighted by Gasteiger charge is 2.20. The van der Waals surface area contributed by atoms with Crippen LogP contribution < -0.4 is 5.14 Å². The van der Waals surface area contributed by atoms with E-state index in [2.05, 4.69) is 9.97 Å². The fourth-order valence-electron chi connectivity index (χ4n) is 1.61. The van der Waals surface area contributed by atoms with Gasteiger partial charge in [0.1, 0.15) is 0 Å². The molecule has 1 aromatic heterocycles. The zero-order valence-corrected chi connectivity index (χ0v) is 11.2. The van der Waals surface area contributed by atoms with Crippen molar-refractivity contribution in [3.63, 3.8) is 0 Å². The van der Waals surface area contributed by atoms with Crippen molar-refractivity contribution in [2.45, 2.75) is 11.8 Å². The van der Waals surface area contributed by atoms with Crippen molar-refractivity contribution in [2.75, 3.05) is 0 Å². The van der Waals surface area contributed by atoms with Gasteiger partial charge in [0.15, 0.2) is 0 Å². The summed E-state index contributed by atoms with van der Waals surface area (Å²) in [7, 11) is -4.02. The fraction of sp³-hybridized carbons (Fsp3) is 0.0909. The van der Waals surface area contributed by atoms with E-state index in [4.69, 9.17) is 5.14 Å². The van der Waals surface area contributed by atoms with Crippen LogP contribution in [0.15, 0.2) is 35.5 Å². The molecule has 2 rings (SSSR count). The highest BCUT2D eigenvalue weighted by molar-refractivity contribution is 7.89. The standard InChI is InChI=1S/C11H10N4O4S/c1-7-5-14-10(6-13-7)9-4-8(15(16)17)2-3-11(9)20(12,18)19/h2-6H,1H3,(H2,12,18,19). The molecule has 1 heterocycles. The molecular formula is C11H10N4O4S. The van der Waals surface area contributed by atoms with Crippen molar-refractivity contribution in [1.29, 1.82) is 0 Å². The van der Waals surface area contributed by atoms with Gasteiger partial charge in [-0.05, 0) is 13.0 Å². The number of aromatic nitrogens is 2. The third-order valence-corrected chi connectivity index (χ3v) is 3.51. The summed E-state index contributed by atoms with van der Waals surface area (Å²) in [6.07, 6.45) is 2.77. The summed E-state index contributed by atoms with van der Waals surface area (Å²) in [5.41, 5.74) is 0.628. The van der Waals surface area contributed by atoms with E-state index < -0.39 is 14.9 Å². The smallest absolute Gasteiger partial charge is 0.258 e. The average Bonchev–Trinajstić information content (AvgIpc) is 2.37. The van der Waals surface area contributed by atoms with Gasteiger partial charge in [-0.3, -0.25) is 20.1 Å². The summed E-state index contributed by atoms with van der Waals surface area (Å²) in [6.45, 7) is 1.71. The van der Waals surface area contributed by atoms with Crippen LogP contribution in [0.4, 0.5) is 5.69 Å². The van der Waals surface area contributed by atoms with Crippen LogP contribution >= 0.6 is 0 Å². The Morgan fingerprint density at radius 1 is 1.25 bits per heavy atom. The molecule has 0 radical (unpaired) electrons. The molecule has 0 fully saturated rings. The van der Waals surface area contributed by atoms with Gasteiger partial charge < -0.3 is 0 Å². The van der Waals surface area contributed by atoms with E-state index in [9.17, 15) is 18.5 Å². The van der Waals surface area contributed by atoms with Crippen LogP contribution in [0, 0.1) is 17.0 Å². The molecule has 2 aromatic rings. The molecule has 0 saturated carbocycles. The number of primary sulfonamides is 1. The largest absolute Gasteiger partial charge is 0.270 e. The molecular weight excluding hydrogens is 284 g/mol. The van der Waals surface area contributed by atoms with Crippen LogP contribution in [0.1, 0.15) is 5.69 Å². The maximum absolute atomic E-state index is 11.5. The number of nitro benzene ring substituents is 1. The van der Waals surface area contributed by atoms with Gasteiger partial charge in [0.25, 0.3) is 5.69 Å². The number of nitrogens with zero attached hydrogens (tertiary/aromatic N) is 3. The van der Waals surface area contributed by atoms with E-state index in [1.54, 1.807) is 6.92 Å². The summed E-state index contributed by atoms with van der Waals surface area (Å²) in [4.78, 5) is 17.9. The van der Waals surface area contributed by atoms with Gasteiger partial charge in [-0.25, -0.2) is 13.6 Å². The molecule has 8 nitrogen and oxygen atoms in total. The first-order valence-corrected chi connectivity index (χ1v) is 6.94. The fourth-order valence-corrected chi connectivity index (χ4v) is 2.34. The Morgan fingerprint density at radius 3 is 2.45 bits per heavy atom. The third-order valence-electron chi connectivity index (χ3n) is 2.54. The minimum atomic E-state index is -4.02. The van der Waals surface area contributed by atoms with Crippen LogP contribution in [-0.4, -0.2) is 23.3 Å². The monoisotopic (exact) mass is 294 g/mol. The van der Waals surface area contributed by atoms with Crippen molar-refractivity contribution in [1.82, 2.24) is 9.97 Å². The summed E-state index contributed by atoms with van der Waals surface area (Å²) in [5, 5.41) is 15.9. The molecule has 20 heavy (non-hydrogen) atoms. The first kappa shape index (κ1) is 14.0. The van der Waals surface area contributed by atoms with Gasteiger partial charge >= 0.3 is 0 Å². The van der Waals surface area contributed by atoms with Crippen molar-refractivity contribution in [3.8, 4) is 11.3 Å². The lowest BCUT2D eigenvalue weighted by Gasteiger charge is -2.07. The molecule has 0 aliphatic heterocycles. The van der Waals surface area contributed by atoms with E-state index in [0.29, 0.717) is 5.69 Å². The zero-order valence-electron chi connectivity index (χ0n) is 10.3. The van der Waals surface area contributed by atoms with Gasteiger partial charge in [-0.2, -0.15) is 0 Å². The maximum Gasteiger partial charge on any atom is 0.270 e. The van der Waals surface area contributed by atoms with Crippen molar-refractivity contribution in [2.24, 2.45) is 5.14 Å². The van der Waals surface area contributed by atoms with Crippen molar-refractivity contribution in [3.05, 3.63) is 46.4 Å². The molecule has 0 aliphatic carbocycles. The number of aryl methyl sites for hydroxylation is 1. The van der Waals surface area contributed by atoms with Crippen molar-refractivity contribution >= 4 is 15.7 Å². The second-order valence-corrected chi connectivity index (χ2v) is 5.56. The highest BCUT2D eigenvalue weighted by Crippen LogP contribution is 2.28. The molecule has 0 saturated heterocycles. The average molecular weight is 294 g/mol. The molecule has 1 aromatic carbocycles. The van der Waals surface area contributed by atoms with Crippen LogP contribution in [-0.2, 0) is 10.0 Å². The molecule has 0 aliphatic rings. The number of non-ortho nitro benzene ring substituents is 1. The predicted octanol–water partition coefficient (Wildman–Crippen LogP) is 1.01. The second-order valence-electron chi connectivity index (χ2n) is 4.03. The van der Waals surface area contributed by atoms with Crippen LogP contribution in [0.25, 0.3) is 11.3 Å². The first-order chi connectivity index (χ1) is 9.29. The quantitative estimate of drug-likeness (QED) is 0.664. The Kier molecular flexibility index (Phi) is 3.47. The Balaban J connectivity index is 2.73. The van der Waals surface area contributed by atoms with E-state index in [1.165, 1.54) is 12.4 Å². The molecule has 2 N–H and O–H groups in total. The van der Waals surface area contributed by atoms with E-state index in [1.807, 2.05) is 0 Å². The van der Waals surface area contributed by atoms with E-state index >= 15 is 0 Å². The SMILES string of the molecule is Cc1cnc(-c2cc([N+](=O)[O-])ccc2S(N)(=O)=O)cn1. The van der Waals surface area contributed by atoms with Gasteiger partial charge in [-0.1, -0.05) is 0 Å². The Hall–Kier alpha value is -2.39. The Morgan fingerprint density at radius 2 is 1.95 bits per heavy atom. The first-order valence-electron chi connectivity index (χ1n) is 5.39. The summed E-state index contributed by atoms with van der Waals surface area (Å²) >= 11 is 0. The third kappa shape index (κ3) is 2.78.